The second-order valence-electron chi connectivity index (χ2n) is 5.43. The molecule has 0 bridgehead atoms. The van der Waals surface area contributed by atoms with Crippen LogP contribution in [0.3, 0.4) is 0 Å². The molecule has 2 N–H and O–H groups in total. The minimum atomic E-state index is -0.460. The fourth-order valence-electron chi connectivity index (χ4n) is 2.65. The van der Waals surface area contributed by atoms with Crippen LogP contribution in [0, 0.1) is 12.8 Å². The fraction of sp³-hybridized carbons (Fsp3) is 0.533. The summed E-state index contributed by atoms with van der Waals surface area (Å²) in [6, 6.07) is 3.20. The Hall–Kier alpha value is -1.91. The number of aromatic nitrogens is 1. The summed E-state index contributed by atoms with van der Waals surface area (Å²) in [6.07, 6.45) is 5.92. The monoisotopic (exact) mass is 275 g/mol. The maximum atomic E-state index is 12.4. The Morgan fingerprint density at radius 3 is 2.55 bits per heavy atom. The molecule has 1 atom stereocenters. The number of nitrogens with zero attached hydrogens (tertiary/aromatic N) is 1. The number of carbonyl (C=O) groups excluding carboxylic acids is 2. The van der Waals surface area contributed by atoms with Gasteiger partial charge < -0.3 is 10.6 Å². The van der Waals surface area contributed by atoms with E-state index in [0.29, 0.717) is 5.82 Å². The molecule has 20 heavy (non-hydrogen) atoms. The van der Waals surface area contributed by atoms with Crippen molar-refractivity contribution in [3.63, 3.8) is 0 Å². The lowest BCUT2D eigenvalue weighted by molar-refractivity contribution is -0.126. The van der Waals surface area contributed by atoms with E-state index in [2.05, 4.69) is 15.6 Å². The Balaban J connectivity index is 2.05. The van der Waals surface area contributed by atoms with E-state index >= 15 is 0 Å². The van der Waals surface area contributed by atoms with Crippen molar-refractivity contribution in [1.82, 2.24) is 10.3 Å². The summed E-state index contributed by atoms with van der Waals surface area (Å²) in [5.41, 5.74) is 1.04. The Morgan fingerprint density at radius 1 is 1.30 bits per heavy atom. The first-order valence-electron chi connectivity index (χ1n) is 7.07. The second kappa shape index (κ2) is 6.50. The minimum Gasteiger partial charge on any atom is -0.344 e. The molecule has 1 unspecified atom stereocenters. The molecule has 2 amide bonds. The molecule has 1 fully saturated rings. The molecule has 1 heterocycles. The molecule has 1 aliphatic carbocycles. The number of amides is 2. The maximum Gasteiger partial charge on any atom is 0.248 e. The van der Waals surface area contributed by atoms with Gasteiger partial charge in [-0.1, -0.05) is 18.9 Å². The highest BCUT2D eigenvalue weighted by molar-refractivity contribution is 5.96. The van der Waals surface area contributed by atoms with Crippen LogP contribution in [-0.4, -0.2) is 22.8 Å². The Labute approximate surface area is 119 Å². The average molecular weight is 275 g/mol. The molecule has 0 aromatic carbocycles. The van der Waals surface area contributed by atoms with Gasteiger partial charge in [-0.05, 0) is 37.3 Å². The lowest BCUT2D eigenvalue weighted by Gasteiger charge is -2.23. The number of hydrogen-bond acceptors (Lipinski definition) is 3. The van der Waals surface area contributed by atoms with Crippen molar-refractivity contribution in [2.45, 2.75) is 45.6 Å². The number of nitrogens with one attached hydrogen (secondary N) is 2. The third-order valence-electron chi connectivity index (χ3n) is 3.68. The fourth-order valence-corrected chi connectivity index (χ4v) is 2.65. The summed E-state index contributed by atoms with van der Waals surface area (Å²) in [5.74, 6) is 0.399. The van der Waals surface area contributed by atoms with E-state index in [4.69, 9.17) is 0 Å². The van der Waals surface area contributed by atoms with E-state index in [9.17, 15) is 9.59 Å². The molecule has 108 valence electrons. The summed E-state index contributed by atoms with van der Waals surface area (Å²) >= 11 is 0. The molecule has 0 spiro atoms. The smallest absolute Gasteiger partial charge is 0.248 e. The minimum absolute atomic E-state index is 0.172. The number of pyridine rings is 1. The topological polar surface area (TPSA) is 71.1 Å². The number of carbonyl (C=O) groups is 2. The van der Waals surface area contributed by atoms with Gasteiger partial charge >= 0.3 is 0 Å². The van der Waals surface area contributed by atoms with Crippen LogP contribution >= 0.6 is 0 Å². The zero-order valence-corrected chi connectivity index (χ0v) is 12.0. The van der Waals surface area contributed by atoms with E-state index in [1.165, 1.54) is 6.92 Å². The van der Waals surface area contributed by atoms with Gasteiger partial charge in [0.1, 0.15) is 11.9 Å². The summed E-state index contributed by atoms with van der Waals surface area (Å²) in [4.78, 5) is 27.8. The molecule has 1 aliphatic rings. The average Bonchev–Trinajstić information content (AvgIpc) is 2.92. The van der Waals surface area contributed by atoms with Crippen molar-refractivity contribution in [2.24, 2.45) is 5.92 Å². The number of hydrogen-bond donors (Lipinski definition) is 2. The zero-order chi connectivity index (χ0) is 14.5. The first-order chi connectivity index (χ1) is 9.56. The third kappa shape index (κ3) is 3.79. The molecule has 5 nitrogen and oxygen atoms in total. The van der Waals surface area contributed by atoms with E-state index in [1.807, 2.05) is 13.0 Å². The largest absolute Gasteiger partial charge is 0.344 e. The highest BCUT2D eigenvalue weighted by Crippen LogP contribution is 2.28. The Kier molecular flexibility index (Phi) is 4.71. The van der Waals surface area contributed by atoms with Crippen molar-refractivity contribution >= 4 is 17.6 Å². The molecule has 0 radical (unpaired) electrons. The third-order valence-corrected chi connectivity index (χ3v) is 3.68. The van der Waals surface area contributed by atoms with Gasteiger partial charge in [0, 0.05) is 13.1 Å². The van der Waals surface area contributed by atoms with Crippen molar-refractivity contribution in [2.75, 3.05) is 5.32 Å². The molecule has 0 saturated heterocycles. The lowest BCUT2D eigenvalue weighted by atomic mass is 9.97. The van der Waals surface area contributed by atoms with Crippen LogP contribution in [-0.2, 0) is 9.59 Å². The first-order valence-corrected chi connectivity index (χ1v) is 7.07. The second-order valence-corrected chi connectivity index (χ2v) is 5.43. The van der Waals surface area contributed by atoms with Gasteiger partial charge in [0.25, 0.3) is 0 Å². The molecule has 2 rings (SSSR count). The Morgan fingerprint density at radius 2 is 2.00 bits per heavy atom. The highest BCUT2D eigenvalue weighted by Gasteiger charge is 2.31. The summed E-state index contributed by atoms with van der Waals surface area (Å²) < 4.78 is 0. The predicted octanol–water partition coefficient (Wildman–Crippen LogP) is 2.02. The van der Waals surface area contributed by atoms with Crippen LogP contribution in [0.25, 0.3) is 0 Å². The van der Waals surface area contributed by atoms with Gasteiger partial charge in [-0.3, -0.25) is 9.59 Å². The quantitative estimate of drug-likeness (QED) is 0.883. The molecule has 1 aromatic heterocycles. The van der Waals surface area contributed by atoms with E-state index in [-0.39, 0.29) is 17.7 Å². The zero-order valence-electron chi connectivity index (χ0n) is 12.0. The van der Waals surface area contributed by atoms with Crippen LogP contribution < -0.4 is 10.6 Å². The number of rotatable bonds is 4. The molecular weight excluding hydrogens is 254 g/mol. The van der Waals surface area contributed by atoms with Crippen LogP contribution in [0.4, 0.5) is 5.82 Å². The van der Waals surface area contributed by atoms with Gasteiger partial charge in [-0.15, -0.1) is 0 Å². The molecule has 5 heteroatoms. The van der Waals surface area contributed by atoms with E-state index in [0.717, 1.165) is 31.2 Å². The van der Waals surface area contributed by atoms with Gasteiger partial charge in [-0.2, -0.15) is 0 Å². The summed E-state index contributed by atoms with van der Waals surface area (Å²) in [7, 11) is 0. The Bertz CT molecular complexity index is 478. The molecular formula is C15H21N3O2. The first kappa shape index (κ1) is 14.5. The van der Waals surface area contributed by atoms with Crippen molar-refractivity contribution in [1.29, 1.82) is 0 Å². The van der Waals surface area contributed by atoms with Crippen LogP contribution in [0.1, 0.15) is 38.2 Å². The standard InChI is InChI=1S/C15H21N3O2/c1-10-7-8-13(16-9-10)18-15(20)14(17-11(2)19)12-5-3-4-6-12/h7-9,12,14H,3-6H2,1-2H3,(H,17,19)(H,16,18,20). The van der Waals surface area contributed by atoms with E-state index < -0.39 is 6.04 Å². The van der Waals surface area contributed by atoms with Gasteiger partial charge in [0.2, 0.25) is 11.8 Å². The number of aryl methyl sites for hydroxylation is 1. The van der Waals surface area contributed by atoms with Crippen molar-refractivity contribution < 1.29 is 9.59 Å². The molecule has 1 saturated carbocycles. The van der Waals surface area contributed by atoms with Gasteiger partial charge in [0.05, 0.1) is 0 Å². The van der Waals surface area contributed by atoms with E-state index in [1.54, 1.807) is 12.3 Å². The lowest BCUT2D eigenvalue weighted by Crippen LogP contribution is -2.47. The van der Waals surface area contributed by atoms with Gasteiger partial charge in [-0.25, -0.2) is 4.98 Å². The summed E-state index contributed by atoms with van der Waals surface area (Å²) in [5, 5.41) is 5.56. The highest BCUT2D eigenvalue weighted by atomic mass is 16.2. The molecule has 0 aliphatic heterocycles. The molecule has 1 aromatic rings. The summed E-state index contributed by atoms with van der Waals surface area (Å²) in [6.45, 7) is 3.39. The maximum absolute atomic E-state index is 12.4. The van der Waals surface area contributed by atoms with Crippen LogP contribution in [0.5, 0.6) is 0 Å². The van der Waals surface area contributed by atoms with Crippen molar-refractivity contribution in [3.8, 4) is 0 Å². The normalized spacial score (nSPS) is 16.7. The van der Waals surface area contributed by atoms with Crippen molar-refractivity contribution in [3.05, 3.63) is 23.9 Å². The van der Waals surface area contributed by atoms with Crippen LogP contribution in [0.15, 0.2) is 18.3 Å². The van der Waals surface area contributed by atoms with Gasteiger partial charge in [0.15, 0.2) is 0 Å². The predicted molar refractivity (Wildman–Crippen MR) is 77.2 cm³/mol. The SMILES string of the molecule is CC(=O)NC(C(=O)Nc1ccc(C)cn1)C1CCCC1. The number of anilines is 1. The van der Waals surface area contributed by atoms with Crippen LogP contribution in [0.2, 0.25) is 0 Å².